The van der Waals surface area contributed by atoms with Crippen molar-refractivity contribution in [2.75, 3.05) is 0 Å². The molecule has 0 aliphatic heterocycles. The molecule has 1 nitrogen and oxygen atoms in total. The molecule has 13 heavy (non-hydrogen) atoms. The maximum Gasteiger partial charge on any atom is 0.0553 e. The van der Waals surface area contributed by atoms with Gasteiger partial charge in [0.25, 0.3) is 0 Å². The van der Waals surface area contributed by atoms with Gasteiger partial charge in [0.2, 0.25) is 0 Å². The van der Waals surface area contributed by atoms with Crippen LogP contribution in [0.1, 0.15) is 54.9 Å². The van der Waals surface area contributed by atoms with Gasteiger partial charge in [-0.2, -0.15) is 0 Å². The summed E-state index contributed by atoms with van der Waals surface area (Å²) < 4.78 is 0. The second-order valence-electron chi connectivity index (χ2n) is 6.07. The minimum atomic E-state index is 0.0858. The summed E-state index contributed by atoms with van der Waals surface area (Å²) >= 11 is 0. The zero-order valence-electron chi connectivity index (χ0n) is 10.3. The molecule has 0 amide bonds. The van der Waals surface area contributed by atoms with Crippen molar-refractivity contribution in [1.82, 2.24) is 0 Å². The van der Waals surface area contributed by atoms with Crippen LogP contribution in [0.15, 0.2) is 4.99 Å². The van der Waals surface area contributed by atoms with Gasteiger partial charge in [0.15, 0.2) is 0 Å². The smallest absolute Gasteiger partial charge is 0.0553 e. The van der Waals surface area contributed by atoms with Crippen molar-refractivity contribution in [3.05, 3.63) is 0 Å². The Bertz CT molecular complexity index is 170. The molecule has 0 aliphatic carbocycles. The van der Waals surface area contributed by atoms with E-state index >= 15 is 0 Å². The largest absolute Gasteiger partial charge is 0.291 e. The van der Waals surface area contributed by atoms with Crippen molar-refractivity contribution in [3.8, 4) is 0 Å². The molecular formula is C12H25N. The Kier molecular flexibility index (Phi) is 4.15. The maximum atomic E-state index is 4.62. The first kappa shape index (κ1) is 12.7. The van der Waals surface area contributed by atoms with Crippen LogP contribution >= 0.6 is 0 Å². The van der Waals surface area contributed by atoms with Crippen LogP contribution in [0.5, 0.6) is 0 Å². The van der Waals surface area contributed by atoms with E-state index in [1.165, 1.54) is 0 Å². The van der Waals surface area contributed by atoms with E-state index < -0.39 is 0 Å². The van der Waals surface area contributed by atoms with Crippen molar-refractivity contribution in [2.24, 2.45) is 16.3 Å². The number of rotatable bonds is 3. The fourth-order valence-electron chi connectivity index (χ4n) is 1.69. The van der Waals surface area contributed by atoms with Crippen LogP contribution in [0.4, 0.5) is 0 Å². The Morgan fingerprint density at radius 3 is 1.85 bits per heavy atom. The SMILES string of the molecule is CC(C)C=NC(C)(C)CC(C)(C)C. The average Bonchev–Trinajstić information content (AvgIpc) is 1.78. The van der Waals surface area contributed by atoms with Gasteiger partial charge < -0.3 is 0 Å². The highest BCUT2D eigenvalue weighted by molar-refractivity contribution is 5.60. The summed E-state index contributed by atoms with van der Waals surface area (Å²) in [7, 11) is 0. The Balaban J connectivity index is 4.24. The lowest BCUT2D eigenvalue weighted by molar-refractivity contribution is 0.288. The predicted octanol–water partition coefficient (Wildman–Crippen LogP) is 3.93. The third-order valence-electron chi connectivity index (χ3n) is 1.69. The highest BCUT2D eigenvalue weighted by Gasteiger charge is 2.23. The first-order chi connectivity index (χ1) is 5.62. The monoisotopic (exact) mass is 183 g/mol. The third-order valence-corrected chi connectivity index (χ3v) is 1.69. The molecule has 0 saturated heterocycles. The summed E-state index contributed by atoms with van der Waals surface area (Å²) in [6.45, 7) is 15.5. The number of hydrogen-bond acceptors (Lipinski definition) is 1. The molecule has 0 atom stereocenters. The van der Waals surface area contributed by atoms with Gasteiger partial charge in [-0.05, 0) is 31.6 Å². The van der Waals surface area contributed by atoms with Crippen LogP contribution in [0.3, 0.4) is 0 Å². The predicted molar refractivity (Wildman–Crippen MR) is 61.5 cm³/mol. The molecule has 0 N–H and O–H groups in total. The summed E-state index contributed by atoms with van der Waals surface area (Å²) in [4.78, 5) is 4.62. The molecule has 0 saturated carbocycles. The molecule has 78 valence electrons. The maximum absolute atomic E-state index is 4.62. The highest BCUT2D eigenvalue weighted by atomic mass is 14.8. The van der Waals surface area contributed by atoms with Gasteiger partial charge in [0, 0.05) is 6.21 Å². The van der Waals surface area contributed by atoms with Gasteiger partial charge >= 0.3 is 0 Å². The lowest BCUT2D eigenvalue weighted by atomic mass is 9.82. The van der Waals surface area contributed by atoms with E-state index in [9.17, 15) is 0 Å². The van der Waals surface area contributed by atoms with Crippen LogP contribution in [-0.4, -0.2) is 11.8 Å². The summed E-state index contributed by atoms with van der Waals surface area (Å²) in [5.41, 5.74) is 0.445. The van der Waals surface area contributed by atoms with E-state index in [1.807, 2.05) is 0 Å². The van der Waals surface area contributed by atoms with Crippen LogP contribution < -0.4 is 0 Å². The van der Waals surface area contributed by atoms with Crippen molar-refractivity contribution in [1.29, 1.82) is 0 Å². The molecule has 0 fully saturated rings. The van der Waals surface area contributed by atoms with E-state index in [0.29, 0.717) is 11.3 Å². The average molecular weight is 183 g/mol. The highest BCUT2D eigenvalue weighted by Crippen LogP contribution is 2.29. The lowest BCUT2D eigenvalue weighted by Gasteiger charge is -2.29. The Labute approximate surface area is 83.6 Å². The van der Waals surface area contributed by atoms with Gasteiger partial charge in [-0.15, -0.1) is 0 Å². The standard InChI is InChI=1S/C12H25N/c1-10(2)8-13-12(6,7)9-11(3,4)5/h8,10H,9H2,1-7H3. The van der Waals surface area contributed by atoms with Crippen LogP contribution in [0.25, 0.3) is 0 Å². The fourth-order valence-corrected chi connectivity index (χ4v) is 1.69. The van der Waals surface area contributed by atoms with Crippen molar-refractivity contribution in [3.63, 3.8) is 0 Å². The molecule has 0 aromatic heterocycles. The molecule has 0 radical (unpaired) electrons. The van der Waals surface area contributed by atoms with Crippen LogP contribution in [0, 0.1) is 11.3 Å². The second kappa shape index (κ2) is 4.26. The quantitative estimate of drug-likeness (QED) is 0.588. The van der Waals surface area contributed by atoms with Gasteiger partial charge in [-0.25, -0.2) is 0 Å². The fraction of sp³-hybridized carbons (Fsp3) is 0.917. The summed E-state index contributed by atoms with van der Waals surface area (Å²) in [5.74, 6) is 0.555. The molecule has 0 aromatic carbocycles. The molecule has 1 heteroatoms. The Hall–Kier alpha value is -0.330. The molecule has 0 aliphatic rings. The molecule has 0 rings (SSSR count). The molecule has 0 aromatic rings. The number of aliphatic imine (C=N–C) groups is 1. The van der Waals surface area contributed by atoms with Crippen molar-refractivity contribution < 1.29 is 0 Å². The van der Waals surface area contributed by atoms with Gasteiger partial charge in [-0.3, -0.25) is 4.99 Å². The molecule has 0 bridgehead atoms. The zero-order chi connectivity index (χ0) is 10.7. The summed E-state index contributed by atoms with van der Waals surface area (Å²) in [6, 6.07) is 0. The third kappa shape index (κ3) is 8.01. The van der Waals surface area contributed by atoms with E-state index in [1.54, 1.807) is 0 Å². The summed E-state index contributed by atoms with van der Waals surface area (Å²) in [5, 5.41) is 0. The summed E-state index contributed by atoms with van der Waals surface area (Å²) in [6.07, 6.45) is 3.19. The molecule has 0 unspecified atom stereocenters. The van der Waals surface area contributed by atoms with Crippen LogP contribution in [-0.2, 0) is 0 Å². The second-order valence-corrected chi connectivity index (χ2v) is 6.07. The first-order valence-electron chi connectivity index (χ1n) is 5.18. The first-order valence-corrected chi connectivity index (χ1v) is 5.18. The van der Waals surface area contributed by atoms with Gasteiger partial charge in [0.1, 0.15) is 0 Å². The normalized spacial score (nSPS) is 14.5. The molecule has 0 heterocycles. The van der Waals surface area contributed by atoms with Crippen molar-refractivity contribution >= 4 is 6.21 Å². The van der Waals surface area contributed by atoms with Crippen LogP contribution in [0.2, 0.25) is 0 Å². The van der Waals surface area contributed by atoms with Gasteiger partial charge in [-0.1, -0.05) is 34.6 Å². The lowest BCUT2D eigenvalue weighted by Crippen LogP contribution is -2.25. The minimum Gasteiger partial charge on any atom is -0.291 e. The molecule has 0 spiro atoms. The Morgan fingerprint density at radius 1 is 1.08 bits per heavy atom. The zero-order valence-corrected chi connectivity index (χ0v) is 10.3. The van der Waals surface area contributed by atoms with E-state index in [0.717, 1.165) is 6.42 Å². The topological polar surface area (TPSA) is 12.4 Å². The van der Waals surface area contributed by atoms with E-state index in [4.69, 9.17) is 0 Å². The number of nitrogens with zero attached hydrogens (tertiary/aromatic N) is 1. The van der Waals surface area contributed by atoms with Crippen molar-refractivity contribution in [2.45, 2.75) is 60.4 Å². The number of hydrogen-bond donors (Lipinski definition) is 0. The van der Waals surface area contributed by atoms with E-state index in [2.05, 4.69) is 59.7 Å². The minimum absolute atomic E-state index is 0.0858. The molecular weight excluding hydrogens is 158 g/mol. The van der Waals surface area contributed by atoms with E-state index in [-0.39, 0.29) is 5.54 Å². The van der Waals surface area contributed by atoms with Gasteiger partial charge in [0.05, 0.1) is 5.54 Å². The Morgan fingerprint density at radius 2 is 1.54 bits per heavy atom.